The maximum atomic E-state index is 12.3. The van der Waals surface area contributed by atoms with Gasteiger partial charge in [-0.3, -0.25) is 9.10 Å². The van der Waals surface area contributed by atoms with Gasteiger partial charge in [-0.05, 0) is 48.1 Å². The first-order chi connectivity index (χ1) is 13.1. The summed E-state index contributed by atoms with van der Waals surface area (Å²) in [6.07, 6.45) is 2.62. The van der Waals surface area contributed by atoms with Crippen molar-refractivity contribution in [1.29, 1.82) is 0 Å². The van der Waals surface area contributed by atoms with E-state index < -0.39 is 15.9 Å². The van der Waals surface area contributed by atoms with Crippen molar-refractivity contribution in [1.82, 2.24) is 5.43 Å². The van der Waals surface area contributed by atoms with E-state index in [4.69, 9.17) is 0 Å². The summed E-state index contributed by atoms with van der Waals surface area (Å²) >= 11 is 0. The summed E-state index contributed by atoms with van der Waals surface area (Å²) in [6, 6.07) is 13.4. The summed E-state index contributed by atoms with van der Waals surface area (Å²) < 4.78 is 25.5. The van der Waals surface area contributed by atoms with Crippen LogP contribution in [0.15, 0.2) is 47.6 Å². The molecule has 28 heavy (non-hydrogen) atoms. The number of hydrazone groups is 1. The number of benzene rings is 2. The number of carbonyl (C=O) groups excluding carboxylic acids is 1. The first-order valence-electron chi connectivity index (χ1n) is 9.04. The van der Waals surface area contributed by atoms with Crippen LogP contribution in [-0.2, 0) is 14.8 Å². The Morgan fingerprint density at radius 2 is 1.79 bits per heavy atom. The van der Waals surface area contributed by atoms with E-state index in [1.807, 2.05) is 50.2 Å². The van der Waals surface area contributed by atoms with Crippen LogP contribution in [0, 0.1) is 13.8 Å². The Bertz CT molecular complexity index is 965. The molecule has 0 aliphatic heterocycles. The predicted octanol–water partition coefficient (Wildman–Crippen LogP) is 3.34. The second-order valence-electron chi connectivity index (χ2n) is 7.17. The molecule has 0 bridgehead atoms. The van der Waals surface area contributed by atoms with Crippen molar-refractivity contribution in [3.05, 3.63) is 64.7 Å². The van der Waals surface area contributed by atoms with Crippen LogP contribution in [0.4, 0.5) is 5.69 Å². The summed E-state index contributed by atoms with van der Waals surface area (Å²) in [7, 11) is -3.62. The highest BCUT2D eigenvalue weighted by Crippen LogP contribution is 2.23. The zero-order valence-corrected chi connectivity index (χ0v) is 17.7. The van der Waals surface area contributed by atoms with Crippen LogP contribution >= 0.6 is 0 Å². The zero-order chi connectivity index (χ0) is 20.9. The SMILES string of the molecule is Cc1ccc(C)c(N(CC(=O)N/N=C\c2ccc(C(C)C)cc2)S(C)(=O)=O)c1. The maximum absolute atomic E-state index is 12.3. The molecule has 2 rings (SSSR count). The zero-order valence-electron chi connectivity index (χ0n) is 16.9. The van der Waals surface area contributed by atoms with Crippen molar-refractivity contribution < 1.29 is 13.2 Å². The first kappa shape index (κ1) is 21.6. The van der Waals surface area contributed by atoms with Crippen LogP contribution < -0.4 is 9.73 Å². The van der Waals surface area contributed by atoms with Crippen LogP contribution in [0.3, 0.4) is 0 Å². The molecule has 0 heterocycles. The lowest BCUT2D eigenvalue weighted by atomic mass is 10.0. The maximum Gasteiger partial charge on any atom is 0.260 e. The molecule has 0 aromatic heterocycles. The highest BCUT2D eigenvalue weighted by Gasteiger charge is 2.22. The quantitative estimate of drug-likeness (QED) is 0.571. The lowest BCUT2D eigenvalue weighted by Gasteiger charge is -2.23. The fourth-order valence-corrected chi connectivity index (χ4v) is 3.59. The summed E-state index contributed by atoms with van der Waals surface area (Å²) in [5.41, 5.74) is 6.65. The number of hydrogen-bond acceptors (Lipinski definition) is 4. The van der Waals surface area contributed by atoms with Gasteiger partial charge in [0.1, 0.15) is 6.54 Å². The molecule has 7 heteroatoms. The molecule has 0 aliphatic carbocycles. The van der Waals surface area contributed by atoms with Gasteiger partial charge in [-0.15, -0.1) is 0 Å². The third kappa shape index (κ3) is 5.92. The van der Waals surface area contributed by atoms with Gasteiger partial charge < -0.3 is 0 Å². The minimum absolute atomic E-state index is 0.341. The van der Waals surface area contributed by atoms with Crippen molar-refractivity contribution >= 4 is 27.8 Å². The van der Waals surface area contributed by atoms with E-state index in [0.717, 1.165) is 27.3 Å². The van der Waals surface area contributed by atoms with Crippen LogP contribution in [0.1, 0.15) is 42.0 Å². The van der Waals surface area contributed by atoms with E-state index in [1.54, 1.807) is 6.07 Å². The van der Waals surface area contributed by atoms with Crippen molar-refractivity contribution in [2.75, 3.05) is 17.1 Å². The predicted molar refractivity (Wildman–Crippen MR) is 114 cm³/mol. The number of sulfonamides is 1. The average Bonchev–Trinajstić information content (AvgIpc) is 2.61. The Labute approximate surface area is 167 Å². The molecule has 0 saturated heterocycles. The summed E-state index contributed by atoms with van der Waals surface area (Å²) in [5.74, 6) is -0.0703. The molecule has 150 valence electrons. The molecule has 0 spiro atoms. The van der Waals surface area contributed by atoms with E-state index >= 15 is 0 Å². The molecule has 1 amide bonds. The van der Waals surface area contributed by atoms with E-state index in [9.17, 15) is 13.2 Å². The standard InChI is InChI=1S/C21H27N3O3S/c1-15(2)19-10-8-18(9-11-19)13-22-23-21(25)14-24(28(5,26)27)20-12-16(3)6-7-17(20)4/h6-13,15H,14H2,1-5H3,(H,23,25)/b22-13-. The van der Waals surface area contributed by atoms with Gasteiger partial charge in [0.15, 0.2) is 0 Å². The topological polar surface area (TPSA) is 78.8 Å². The molecule has 0 fully saturated rings. The molecule has 6 nitrogen and oxygen atoms in total. The van der Waals surface area contributed by atoms with Crippen LogP contribution in [0.5, 0.6) is 0 Å². The van der Waals surface area contributed by atoms with Gasteiger partial charge in [0, 0.05) is 0 Å². The number of amides is 1. The Hall–Kier alpha value is -2.67. The van der Waals surface area contributed by atoms with Gasteiger partial charge in [-0.1, -0.05) is 50.2 Å². The van der Waals surface area contributed by atoms with Crippen LogP contribution in [0.25, 0.3) is 0 Å². The number of hydrogen-bond donors (Lipinski definition) is 1. The number of rotatable bonds is 7. The molecule has 0 saturated carbocycles. The molecule has 0 aliphatic rings. The number of carbonyl (C=O) groups is 1. The molecule has 0 atom stereocenters. The third-order valence-electron chi connectivity index (χ3n) is 4.33. The summed E-state index contributed by atoms with van der Waals surface area (Å²) in [5, 5.41) is 3.94. The molecule has 1 N–H and O–H groups in total. The van der Waals surface area contributed by atoms with E-state index in [1.165, 1.54) is 11.8 Å². The Kier molecular flexibility index (Phi) is 6.96. The van der Waals surface area contributed by atoms with Gasteiger partial charge in [0.2, 0.25) is 10.0 Å². The molecular weight excluding hydrogens is 374 g/mol. The highest BCUT2D eigenvalue weighted by atomic mass is 32.2. The van der Waals surface area contributed by atoms with Crippen molar-refractivity contribution in [3.63, 3.8) is 0 Å². The minimum atomic E-state index is -3.62. The Morgan fingerprint density at radius 3 is 2.36 bits per heavy atom. The van der Waals surface area contributed by atoms with Gasteiger partial charge in [0.25, 0.3) is 5.91 Å². The fraction of sp³-hybridized carbons (Fsp3) is 0.333. The smallest absolute Gasteiger partial charge is 0.260 e. The normalized spacial score (nSPS) is 11.8. The van der Waals surface area contributed by atoms with E-state index in [2.05, 4.69) is 24.4 Å². The minimum Gasteiger partial charge on any atom is -0.271 e. The van der Waals surface area contributed by atoms with Crippen molar-refractivity contribution in [3.8, 4) is 0 Å². The van der Waals surface area contributed by atoms with Crippen molar-refractivity contribution in [2.45, 2.75) is 33.6 Å². The Balaban J connectivity index is 2.09. The van der Waals surface area contributed by atoms with Crippen molar-refractivity contribution in [2.24, 2.45) is 5.10 Å². The second kappa shape index (κ2) is 9.01. The molecule has 2 aromatic carbocycles. The largest absolute Gasteiger partial charge is 0.271 e. The summed E-state index contributed by atoms with van der Waals surface area (Å²) in [4.78, 5) is 12.3. The van der Waals surface area contributed by atoms with E-state index in [-0.39, 0.29) is 6.54 Å². The van der Waals surface area contributed by atoms with E-state index in [0.29, 0.717) is 11.6 Å². The first-order valence-corrected chi connectivity index (χ1v) is 10.9. The van der Waals surface area contributed by atoms with Gasteiger partial charge in [0.05, 0.1) is 18.2 Å². The number of anilines is 1. The van der Waals surface area contributed by atoms with Gasteiger partial charge >= 0.3 is 0 Å². The lowest BCUT2D eigenvalue weighted by Crippen LogP contribution is -2.39. The lowest BCUT2D eigenvalue weighted by molar-refractivity contribution is -0.119. The van der Waals surface area contributed by atoms with Crippen LogP contribution in [0.2, 0.25) is 0 Å². The second-order valence-corrected chi connectivity index (χ2v) is 9.08. The number of nitrogens with one attached hydrogen (secondary N) is 1. The number of nitrogens with zero attached hydrogens (tertiary/aromatic N) is 2. The van der Waals surface area contributed by atoms with Gasteiger partial charge in [-0.2, -0.15) is 5.10 Å². The fourth-order valence-electron chi connectivity index (χ4n) is 2.68. The summed E-state index contributed by atoms with van der Waals surface area (Å²) in [6.45, 7) is 7.58. The molecule has 2 aromatic rings. The van der Waals surface area contributed by atoms with Crippen LogP contribution in [-0.4, -0.2) is 33.3 Å². The molecular formula is C21H27N3O3S. The molecule has 0 unspecified atom stereocenters. The monoisotopic (exact) mass is 401 g/mol. The van der Waals surface area contributed by atoms with Gasteiger partial charge in [-0.25, -0.2) is 13.8 Å². The highest BCUT2D eigenvalue weighted by molar-refractivity contribution is 7.92. The molecule has 0 radical (unpaired) electrons. The average molecular weight is 402 g/mol. The third-order valence-corrected chi connectivity index (χ3v) is 5.45. The Morgan fingerprint density at radius 1 is 1.14 bits per heavy atom. The number of aryl methyl sites for hydroxylation is 2.